The number of nitrogens with zero attached hydrogens (tertiary/aromatic N) is 7. The first-order chi connectivity index (χ1) is 16.2. The topological polar surface area (TPSA) is 63.0 Å². The minimum atomic E-state index is -0.218. The van der Waals surface area contributed by atoms with Crippen LogP contribution in [0.3, 0.4) is 0 Å². The van der Waals surface area contributed by atoms with Crippen LogP contribution in [0.25, 0.3) is 11.3 Å². The van der Waals surface area contributed by atoms with Crippen molar-refractivity contribution >= 4 is 5.95 Å². The van der Waals surface area contributed by atoms with E-state index < -0.39 is 0 Å². The first-order valence-electron chi connectivity index (χ1n) is 11.2. The Hall–Kier alpha value is -3.65. The SMILES string of the molecule is Fc1ccc(Cc2cc(-c3ccncc3)nn2CCN2CCN(c3ncccn3)CC2)cc1. The Balaban J connectivity index is 1.27. The average molecular weight is 444 g/mol. The molecule has 3 aromatic heterocycles. The molecular weight excluding hydrogens is 417 g/mol. The molecule has 0 spiro atoms. The van der Waals surface area contributed by atoms with Crippen LogP contribution in [-0.4, -0.2) is 62.4 Å². The first-order valence-corrected chi connectivity index (χ1v) is 11.2. The number of anilines is 1. The van der Waals surface area contributed by atoms with Gasteiger partial charge in [-0.15, -0.1) is 0 Å². The lowest BCUT2D eigenvalue weighted by molar-refractivity contribution is 0.242. The summed E-state index contributed by atoms with van der Waals surface area (Å²) in [6, 6.07) is 14.6. The van der Waals surface area contributed by atoms with Crippen LogP contribution in [0.1, 0.15) is 11.3 Å². The number of rotatable bonds is 7. The molecule has 168 valence electrons. The number of pyridine rings is 1. The molecule has 1 aliphatic heterocycles. The maximum Gasteiger partial charge on any atom is 0.225 e. The van der Waals surface area contributed by atoms with Crippen LogP contribution >= 0.6 is 0 Å². The standard InChI is InChI=1S/C25H26FN7/c26-22-4-2-20(3-5-22)18-23-19-24(21-6-10-27-11-7-21)30-33(23)17-14-31-12-15-32(16-13-31)25-28-8-1-9-29-25/h1-11,19H,12-18H2. The zero-order chi connectivity index (χ0) is 22.5. The van der Waals surface area contributed by atoms with Crippen LogP contribution in [0.5, 0.6) is 0 Å². The summed E-state index contributed by atoms with van der Waals surface area (Å²) >= 11 is 0. The Bertz CT molecular complexity index is 1150. The Morgan fingerprint density at radius 2 is 1.55 bits per heavy atom. The number of hydrogen-bond donors (Lipinski definition) is 0. The Kier molecular flexibility index (Phi) is 6.34. The third-order valence-electron chi connectivity index (χ3n) is 5.97. The summed E-state index contributed by atoms with van der Waals surface area (Å²) in [7, 11) is 0. The molecule has 0 bridgehead atoms. The Labute approximate surface area is 192 Å². The molecule has 1 aromatic carbocycles. The molecule has 5 rings (SSSR count). The average Bonchev–Trinajstić information content (AvgIpc) is 3.28. The lowest BCUT2D eigenvalue weighted by Crippen LogP contribution is -2.47. The second-order valence-corrected chi connectivity index (χ2v) is 8.16. The van der Waals surface area contributed by atoms with Crippen molar-refractivity contribution in [2.45, 2.75) is 13.0 Å². The molecule has 33 heavy (non-hydrogen) atoms. The minimum Gasteiger partial charge on any atom is -0.338 e. The van der Waals surface area contributed by atoms with E-state index in [0.717, 1.165) is 67.7 Å². The zero-order valence-corrected chi connectivity index (χ0v) is 18.4. The van der Waals surface area contributed by atoms with Crippen LogP contribution in [0.4, 0.5) is 10.3 Å². The molecule has 8 heteroatoms. The molecule has 0 saturated carbocycles. The lowest BCUT2D eigenvalue weighted by atomic mass is 10.1. The Morgan fingerprint density at radius 1 is 0.818 bits per heavy atom. The van der Waals surface area contributed by atoms with E-state index in [0.29, 0.717) is 6.42 Å². The van der Waals surface area contributed by atoms with Crippen LogP contribution < -0.4 is 4.90 Å². The lowest BCUT2D eigenvalue weighted by Gasteiger charge is -2.34. The van der Waals surface area contributed by atoms with Crippen molar-refractivity contribution in [2.24, 2.45) is 0 Å². The molecule has 1 saturated heterocycles. The predicted molar refractivity (Wildman–Crippen MR) is 125 cm³/mol. The van der Waals surface area contributed by atoms with Gasteiger partial charge < -0.3 is 4.90 Å². The number of aromatic nitrogens is 5. The van der Waals surface area contributed by atoms with Gasteiger partial charge >= 0.3 is 0 Å². The van der Waals surface area contributed by atoms with Crippen molar-refractivity contribution in [3.05, 3.63) is 90.4 Å². The molecule has 4 heterocycles. The van der Waals surface area contributed by atoms with Gasteiger partial charge in [0.1, 0.15) is 5.82 Å². The second kappa shape index (κ2) is 9.87. The highest BCUT2D eigenvalue weighted by Crippen LogP contribution is 2.21. The monoisotopic (exact) mass is 443 g/mol. The van der Waals surface area contributed by atoms with E-state index in [2.05, 4.69) is 35.5 Å². The molecule has 4 aromatic rings. The minimum absolute atomic E-state index is 0.218. The quantitative estimate of drug-likeness (QED) is 0.437. The molecule has 0 amide bonds. The molecule has 0 unspecified atom stereocenters. The van der Waals surface area contributed by atoms with Gasteiger partial charge in [-0.1, -0.05) is 12.1 Å². The Morgan fingerprint density at radius 3 is 2.27 bits per heavy atom. The smallest absolute Gasteiger partial charge is 0.225 e. The first kappa shape index (κ1) is 21.2. The highest BCUT2D eigenvalue weighted by atomic mass is 19.1. The van der Waals surface area contributed by atoms with E-state index in [9.17, 15) is 4.39 Å². The van der Waals surface area contributed by atoms with E-state index in [1.807, 2.05) is 30.3 Å². The number of halogens is 1. The molecule has 0 radical (unpaired) electrons. The summed E-state index contributed by atoms with van der Waals surface area (Å²) in [6.07, 6.45) is 7.84. The number of benzene rings is 1. The van der Waals surface area contributed by atoms with Crippen molar-refractivity contribution in [3.63, 3.8) is 0 Å². The largest absolute Gasteiger partial charge is 0.338 e. The second-order valence-electron chi connectivity index (χ2n) is 8.16. The molecule has 0 aliphatic carbocycles. The van der Waals surface area contributed by atoms with Crippen LogP contribution in [0.15, 0.2) is 73.3 Å². The third kappa shape index (κ3) is 5.23. The molecule has 7 nitrogen and oxygen atoms in total. The summed E-state index contributed by atoms with van der Waals surface area (Å²) in [6.45, 7) is 5.45. The van der Waals surface area contributed by atoms with Crippen molar-refractivity contribution < 1.29 is 4.39 Å². The zero-order valence-electron chi connectivity index (χ0n) is 18.4. The van der Waals surface area contributed by atoms with Gasteiger partial charge in [-0.05, 0) is 42.0 Å². The highest BCUT2D eigenvalue weighted by Gasteiger charge is 2.19. The van der Waals surface area contributed by atoms with Crippen LogP contribution in [-0.2, 0) is 13.0 Å². The fourth-order valence-corrected chi connectivity index (χ4v) is 4.13. The predicted octanol–water partition coefficient (Wildman–Crippen LogP) is 3.29. The maximum atomic E-state index is 13.4. The summed E-state index contributed by atoms with van der Waals surface area (Å²) in [5, 5.41) is 4.90. The highest BCUT2D eigenvalue weighted by molar-refractivity contribution is 5.58. The molecular formula is C25H26FN7. The summed E-state index contributed by atoms with van der Waals surface area (Å²) < 4.78 is 15.4. The fraction of sp³-hybridized carbons (Fsp3) is 0.280. The number of hydrogen-bond acceptors (Lipinski definition) is 6. The maximum absolute atomic E-state index is 13.4. The summed E-state index contributed by atoms with van der Waals surface area (Å²) in [5.74, 6) is 0.581. The normalized spacial score (nSPS) is 14.5. The van der Waals surface area contributed by atoms with E-state index in [4.69, 9.17) is 5.10 Å². The van der Waals surface area contributed by atoms with Crippen molar-refractivity contribution in [3.8, 4) is 11.3 Å². The van der Waals surface area contributed by atoms with Crippen LogP contribution in [0, 0.1) is 5.82 Å². The molecule has 1 fully saturated rings. The molecule has 1 aliphatic rings. The summed E-state index contributed by atoms with van der Waals surface area (Å²) in [4.78, 5) is 17.5. The van der Waals surface area contributed by atoms with Crippen LogP contribution in [0.2, 0.25) is 0 Å². The van der Waals surface area contributed by atoms with Gasteiger partial charge in [0.05, 0.1) is 12.2 Å². The van der Waals surface area contributed by atoms with E-state index >= 15 is 0 Å². The van der Waals surface area contributed by atoms with E-state index in [1.54, 1.807) is 24.8 Å². The fourth-order valence-electron chi connectivity index (χ4n) is 4.13. The van der Waals surface area contributed by atoms with Crippen molar-refractivity contribution in [2.75, 3.05) is 37.6 Å². The van der Waals surface area contributed by atoms with Gasteiger partial charge in [0.2, 0.25) is 5.95 Å². The van der Waals surface area contributed by atoms with Gasteiger partial charge in [0.25, 0.3) is 0 Å². The van der Waals surface area contributed by atoms with E-state index in [-0.39, 0.29) is 5.82 Å². The van der Waals surface area contributed by atoms with Gasteiger partial charge in [-0.2, -0.15) is 5.10 Å². The van der Waals surface area contributed by atoms with Gasteiger partial charge in [-0.3, -0.25) is 14.6 Å². The van der Waals surface area contributed by atoms with Gasteiger partial charge in [0.15, 0.2) is 0 Å². The number of piperazine rings is 1. The van der Waals surface area contributed by atoms with Crippen molar-refractivity contribution in [1.82, 2.24) is 29.6 Å². The third-order valence-corrected chi connectivity index (χ3v) is 5.97. The summed E-state index contributed by atoms with van der Waals surface area (Å²) in [5.41, 5.74) is 4.15. The van der Waals surface area contributed by atoms with Gasteiger partial charge in [0, 0.05) is 75.2 Å². The molecule has 0 atom stereocenters. The molecule has 0 N–H and O–H groups in total. The van der Waals surface area contributed by atoms with Crippen molar-refractivity contribution in [1.29, 1.82) is 0 Å². The van der Waals surface area contributed by atoms with Gasteiger partial charge in [-0.25, -0.2) is 14.4 Å². The van der Waals surface area contributed by atoms with E-state index in [1.165, 1.54) is 12.1 Å².